The Morgan fingerprint density at radius 1 is 1.06 bits per heavy atom. The molecule has 2 aromatic carbocycles. The van der Waals surface area contributed by atoms with Crippen LogP contribution in [0.3, 0.4) is 0 Å². The molecule has 0 amide bonds. The van der Waals surface area contributed by atoms with E-state index in [0.29, 0.717) is 6.47 Å². The van der Waals surface area contributed by atoms with Crippen molar-refractivity contribution in [3.8, 4) is 0 Å². The average molecular weight is 228 g/mol. The maximum absolute atomic E-state index is 10.5. The lowest BCUT2D eigenvalue weighted by molar-refractivity contribution is -0.136. The first-order chi connectivity index (χ1) is 8.22. The maximum Gasteiger partial charge on any atom is 0.293 e. The molecule has 0 aliphatic rings. The number of ether oxygens (including phenoxy) is 1. The molecule has 0 aromatic heterocycles. The zero-order valence-electron chi connectivity index (χ0n) is 10.1. The Morgan fingerprint density at radius 2 is 1.76 bits per heavy atom. The van der Waals surface area contributed by atoms with Crippen molar-refractivity contribution >= 4 is 17.2 Å². The van der Waals surface area contributed by atoms with Gasteiger partial charge in [-0.1, -0.05) is 50.2 Å². The zero-order valence-corrected chi connectivity index (χ0v) is 10.1. The van der Waals surface area contributed by atoms with E-state index in [1.165, 1.54) is 10.8 Å². The van der Waals surface area contributed by atoms with Gasteiger partial charge in [0.15, 0.2) is 0 Å². The van der Waals surface area contributed by atoms with E-state index in [9.17, 15) is 4.79 Å². The van der Waals surface area contributed by atoms with Crippen LogP contribution >= 0.6 is 0 Å². The van der Waals surface area contributed by atoms with Gasteiger partial charge in [-0.3, -0.25) is 4.79 Å². The third kappa shape index (κ3) is 2.47. The SMILES string of the molecule is CC(C)C(OC=O)c1ccc2ccccc2c1. The van der Waals surface area contributed by atoms with Crippen molar-refractivity contribution in [3.05, 3.63) is 48.0 Å². The van der Waals surface area contributed by atoms with Gasteiger partial charge in [-0.05, 0) is 28.3 Å². The molecule has 2 rings (SSSR count). The molecule has 17 heavy (non-hydrogen) atoms. The molecule has 2 aromatic rings. The second-order valence-electron chi connectivity index (χ2n) is 4.50. The molecule has 0 aliphatic heterocycles. The minimum absolute atomic E-state index is 0.169. The quantitative estimate of drug-likeness (QED) is 0.746. The van der Waals surface area contributed by atoms with Crippen LogP contribution in [0.15, 0.2) is 42.5 Å². The molecule has 0 bridgehead atoms. The number of carbonyl (C=O) groups is 1. The Bertz CT molecular complexity index is 517. The summed E-state index contributed by atoms with van der Waals surface area (Å²) in [5.41, 5.74) is 1.05. The molecule has 0 saturated heterocycles. The molecule has 0 saturated carbocycles. The van der Waals surface area contributed by atoms with Crippen molar-refractivity contribution in [2.24, 2.45) is 5.92 Å². The smallest absolute Gasteiger partial charge is 0.293 e. The van der Waals surface area contributed by atoms with Crippen molar-refractivity contribution in [3.63, 3.8) is 0 Å². The summed E-state index contributed by atoms with van der Waals surface area (Å²) in [6.07, 6.45) is -0.169. The van der Waals surface area contributed by atoms with Gasteiger partial charge in [-0.25, -0.2) is 0 Å². The van der Waals surface area contributed by atoms with Crippen molar-refractivity contribution < 1.29 is 9.53 Å². The van der Waals surface area contributed by atoms with Crippen LogP contribution in [0, 0.1) is 5.92 Å². The van der Waals surface area contributed by atoms with Gasteiger partial charge in [0, 0.05) is 0 Å². The lowest BCUT2D eigenvalue weighted by atomic mass is 9.96. The van der Waals surface area contributed by atoms with E-state index >= 15 is 0 Å². The predicted octanol–water partition coefficient (Wildman–Crippen LogP) is 3.71. The summed E-state index contributed by atoms with van der Waals surface area (Å²) in [5, 5.41) is 2.37. The lowest BCUT2D eigenvalue weighted by Crippen LogP contribution is -2.10. The number of fused-ring (bicyclic) bond motifs is 1. The molecule has 88 valence electrons. The van der Waals surface area contributed by atoms with Gasteiger partial charge in [0.25, 0.3) is 6.47 Å². The molecule has 1 atom stereocenters. The van der Waals surface area contributed by atoms with Gasteiger partial charge in [0.2, 0.25) is 0 Å². The molecule has 0 fully saturated rings. The van der Waals surface area contributed by atoms with Gasteiger partial charge >= 0.3 is 0 Å². The monoisotopic (exact) mass is 228 g/mol. The molecule has 0 heterocycles. The van der Waals surface area contributed by atoms with E-state index in [4.69, 9.17) is 4.74 Å². The van der Waals surface area contributed by atoms with Crippen LogP contribution in [0.25, 0.3) is 10.8 Å². The molecule has 0 radical (unpaired) electrons. The van der Waals surface area contributed by atoms with Crippen molar-refractivity contribution in [1.29, 1.82) is 0 Å². The van der Waals surface area contributed by atoms with Crippen LogP contribution < -0.4 is 0 Å². The summed E-state index contributed by atoms with van der Waals surface area (Å²) in [4.78, 5) is 10.5. The van der Waals surface area contributed by atoms with Crippen LogP contribution in [-0.4, -0.2) is 6.47 Å². The maximum atomic E-state index is 10.5. The van der Waals surface area contributed by atoms with Crippen LogP contribution in [0.5, 0.6) is 0 Å². The number of benzene rings is 2. The van der Waals surface area contributed by atoms with E-state index in [1.54, 1.807) is 0 Å². The van der Waals surface area contributed by atoms with Crippen molar-refractivity contribution in [2.45, 2.75) is 20.0 Å². The van der Waals surface area contributed by atoms with Gasteiger partial charge in [0.1, 0.15) is 6.10 Å². The van der Waals surface area contributed by atoms with Crippen molar-refractivity contribution in [2.75, 3.05) is 0 Å². The fourth-order valence-electron chi connectivity index (χ4n) is 2.07. The van der Waals surface area contributed by atoms with Gasteiger partial charge in [0.05, 0.1) is 0 Å². The second-order valence-corrected chi connectivity index (χ2v) is 4.50. The molecular weight excluding hydrogens is 212 g/mol. The third-order valence-corrected chi connectivity index (χ3v) is 2.91. The first kappa shape index (κ1) is 11.6. The Kier molecular flexibility index (Phi) is 3.43. The Labute approximate surface area is 101 Å². The second kappa shape index (κ2) is 5.00. The van der Waals surface area contributed by atoms with Crippen molar-refractivity contribution in [1.82, 2.24) is 0 Å². The highest BCUT2D eigenvalue weighted by Crippen LogP contribution is 2.27. The summed E-state index contributed by atoms with van der Waals surface area (Å²) >= 11 is 0. The Balaban J connectivity index is 2.43. The van der Waals surface area contributed by atoms with E-state index in [1.807, 2.05) is 32.0 Å². The van der Waals surface area contributed by atoms with Crippen LogP contribution in [0.2, 0.25) is 0 Å². The molecule has 0 spiro atoms. The Morgan fingerprint density at radius 3 is 2.41 bits per heavy atom. The van der Waals surface area contributed by atoms with Crippen LogP contribution in [0.1, 0.15) is 25.5 Å². The normalized spacial score (nSPS) is 12.6. The summed E-state index contributed by atoms with van der Waals surface area (Å²) in [6.45, 7) is 4.62. The number of hydrogen-bond donors (Lipinski definition) is 0. The minimum Gasteiger partial charge on any atom is -0.459 e. The summed E-state index contributed by atoms with van der Waals surface area (Å²) < 4.78 is 5.16. The fraction of sp³-hybridized carbons (Fsp3) is 0.267. The molecule has 0 N–H and O–H groups in total. The number of rotatable bonds is 4. The highest BCUT2D eigenvalue weighted by Gasteiger charge is 2.16. The van der Waals surface area contributed by atoms with Gasteiger partial charge < -0.3 is 4.74 Å². The first-order valence-corrected chi connectivity index (χ1v) is 5.80. The number of carbonyl (C=O) groups excluding carboxylic acids is 1. The first-order valence-electron chi connectivity index (χ1n) is 5.80. The van der Waals surface area contributed by atoms with E-state index < -0.39 is 0 Å². The predicted molar refractivity (Wildman–Crippen MR) is 68.7 cm³/mol. The standard InChI is InChI=1S/C15H16O2/c1-11(2)15(17-10-16)14-8-7-12-5-3-4-6-13(12)9-14/h3-11,15H,1-2H3. The van der Waals surface area contributed by atoms with Gasteiger partial charge in [-0.15, -0.1) is 0 Å². The van der Waals surface area contributed by atoms with Crippen LogP contribution in [-0.2, 0) is 9.53 Å². The molecule has 0 aliphatic carbocycles. The van der Waals surface area contributed by atoms with E-state index in [0.717, 1.165) is 5.56 Å². The average Bonchev–Trinajstić information content (AvgIpc) is 2.35. The lowest BCUT2D eigenvalue weighted by Gasteiger charge is -2.19. The Hall–Kier alpha value is -1.83. The summed E-state index contributed by atoms with van der Waals surface area (Å²) in [5.74, 6) is 0.265. The molecule has 1 unspecified atom stereocenters. The minimum atomic E-state index is -0.169. The third-order valence-electron chi connectivity index (χ3n) is 2.91. The zero-order chi connectivity index (χ0) is 12.3. The van der Waals surface area contributed by atoms with E-state index in [-0.39, 0.29) is 12.0 Å². The highest BCUT2D eigenvalue weighted by atomic mass is 16.5. The summed E-state index contributed by atoms with van der Waals surface area (Å²) in [6, 6.07) is 14.3. The number of hydrogen-bond acceptors (Lipinski definition) is 2. The summed E-state index contributed by atoms with van der Waals surface area (Å²) in [7, 11) is 0. The molecular formula is C15H16O2. The van der Waals surface area contributed by atoms with E-state index in [2.05, 4.69) is 24.3 Å². The molecule has 2 nitrogen and oxygen atoms in total. The topological polar surface area (TPSA) is 26.3 Å². The highest BCUT2D eigenvalue weighted by molar-refractivity contribution is 5.83. The van der Waals surface area contributed by atoms with Crippen LogP contribution in [0.4, 0.5) is 0 Å². The fourth-order valence-corrected chi connectivity index (χ4v) is 2.07. The largest absolute Gasteiger partial charge is 0.459 e. The molecule has 2 heteroatoms. The van der Waals surface area contributed by atoms with Gasteiger partial charge in [-0.2, -0.15) is 0 Å².